The van der Waals surface area contributed by atoms with Crippen LogP contribution >= 0.6 is 0 Å². The summed E-state index contributed by atoms with van der Waals surface area (Å²) in [5, 5.41) is 17.9. The first-order valence-electron chi connectivity index (χ1n) is 9.67. The normalized spacial score (nSPS) is 15.4. The van der Waals surface area contributed by atoms with Crippen molar-refractivity contribution in [1.29, 1.82) is 0 Å². The summed E-state index contributed by atoms with van der Waals surface area (Å²) >= 11 is 0. The van der Waals surface area contributed by atoms with Gasteiger partial charge in [-0.15, -0.1) is 0 Å². The molecule has 3 aromatic rings. The Kier molecular flexibility index (Phi) is 5.48. The van der Waals surface area contributed by atoms with Gasteiger partial charge in [-0.2, -0.15) is 5.10 Å². The SMILES string of the molecule is COc1ccc(CN2CCCN(c3cc(-c4ccccc4)[nH]n3)CC2)c(O)c1. The molecule has 146 valence electrons. The first-order chi connectivity index (χ1) is 13.7. The summed E-state index contributed by atoms with van der Waals surface area (Å²) in [7, 11) is 1.61. The van der Waals surface area contributed by atoms with Gasteiger partial charge in [0.1, 0.15) is 11.5 Å². The van der Waals surface area contributed by atoms with E-state index < -0.39 is 0 Å². The van der Waals surface area contributed by atoms with E-state index in [1.54, 1.807) is 13.2 Å². The zero-order valence-corrected chi connectivity index (χ0v) is 16.1. The van der Waals surface area contributed by atoms with E-state index in [1.165, 1.54) is 0 Å². The lowest BCUT2D eigenvalue weighted by Crippen LogP contribution is -2.30. The Morgan fingerprint density at radius 3 is 2.68 bits per heavy atom. The zero-order valence-electron chi connectivity index (χ0n) is 16.1. The second kappa shape index (κ2) is 8.35. The molecule has 1 saturated heterocycles. The number of nitrogens with one attached hydrogen (secondary N) is 1. The van der Waals surface area contributed by atoms with Gasteiger partial charge in [0.05, 0.1) is 12.8 Å². The van der Waals surface area contributed by atoms with Gasteiger partial charge in [-0.3, -0.25) is 10.00 Å². The molecular weight excluding hydrogens is 352 g/mol. The van der Waals surface area contributed by atoms with Crippen molar-refractivity contribution in [2.75, 3.05) is 38.2 Å². The molecule has 0 atom stereocenters. The second-order valence-corrected chi connectivity index (χ2v) is 7.12. The minimum absolute atomic E-state index is 0.292. The van der Waals surface area contributed by atoms with Crippen LogP contribution in [-0.2, 0) is 6.54 Å². The van der Waals surface area contributed by atoms with Crippen LogP contribution in [0.3, 0.4) is 0 Å². The molecule has 6 nitrogen and oxygen atoms in total. The zero-order chi connectivity index (χ0) is 19.3. The highest BCUT2D eigenvalue weighted by Crippen LogP contribution is 2.26. The van der Waals surface area contributed by atoms with Crippen LogP contribution in [0.2, 0.25) is 0 Å². The van der Waals surface area contributed by atoms with Crippen molar-refractivity contribution in [1.82, 2.24) is 15.1 Å². The molecule has 1 aliphatic heterocycles. The van der Waals surface area contributed by atoms with E-state index in [4.69, 9.17) is 4.74 Å². The number of benzene rings is 2. The van der Waals surface area contributed by atoms with Gasteiger partial charge in [-0.25, -0.2) is 0 Å². The fraction of sp³-hybridized carbons (Fsp3) is 0.318. The summed E-state index contributed by atoms with van der Waals surface area (Å²) in [6.07, 6.45) is 1.06. The average Bonchev–Trinajstić information content (AvgIpc) is 3.11. The highest BCUT2D eigenvalue weighted by Gasteiger charge is 2.18. The maximum atomic E-state index is 10.2. The highest BCUT2D eigenvalue weighted by molar-refractivity contribution is 5.63. The van der Waals surface area contributed by atoms with E-state index in [2.05, 4.69) is 38.2 Å². The van der Waals surface area contributed by atoms with Gasteiger partial charge in [0.25, 0.3) is 0 Å². The molecule has 0 spiro atoms. The van der Waals surface area contributed by atoms with E-state index >= 15 is 0 Å². The number of aromatic nitrogens is 2. The number of nitrogens with zero attached hydrogens (tertiary/aromatic N) is 3. The lowest BCUT2D eigenvalue weighted by atomic mass is 10.1. The van der Waals surface area contributed by atoms with E-state index in [1.807, 2.05) is 30.3 Å². The van der Waals surface area contributed by atoms with Crippen LogP contribution in [0.5, 0.6) is 11.5 Å². The molecule has 28 heavy (non-hydrogen) atoms. The van der Waals surface area contributed by atoms with Crippen LogP contribution in [0, 0.1) is 0 Å². The first kappa shape index (κ1) is 18.4. The van der Waals surface area contributed by atoms with Crippen LogP contribution in [-0.4, -0.2) is 53.5 Å². The van der Waals surface area contributed by atoms with Gasteiger partial charge < -0.3 is 14.7 Å². The van der Waals surface area contributed by atoms with Crippen molar-refractivity contribution in [3.8, 4) is 22.8 Å². The van der Waals surface area contributed by atoms with Gasteiger partial charge in [0.2, 0.25) is 0 Å². The fourth-order valence-electron chi connectivity index (χ4n) is 3.64. The molecule has 0 unspecified atom stereocenters. The molecule has 2 aromatic carbocycles. The molecule has 4 rings (SSSR count). The molecule has 0 bridgehead atoms. The maximum absolute atomic E-state index is 10.2. The van der Waals surface area contributed by atoms with Crippen molar-refractivity contribution < 1.29 is 9.84 Å². The maximum Gasteiger partial charge on any atom is 0.151 e. The number of aromatic amines is 1. The lowest BCUT2D eigenvalue weighted by Gasteiger charge is -2.22. The van der Waals surface area contributed by atoms with Gasteiger partial charge in [-0.05, 0) is 18.1 Å². The summed E-state index contributed by atoms with van der Waals surface area (Å²) in [6, 6.07) is 17.9. The number of H-pyrrole nitrogens is 1. The van der Waals surface area contributed by atoms with Gasteiger partial charge >= 0.3 is 0 Å². The Morgan fingerprint density at radius 2 is 1.89 bits per heavy atom. The number of anilines is 1. The predicted molar refractivity (Wildman–Crippen MR) is 111 cm³/mol. The number of rotatable bonds is 5. The van der Waals surface area contributed by atoms with Crippen LogP contribution < -0.4 is 9.64 Å². The molecule has 1 aromatic heterocycles. The Morgan fingerprint density at radius 1 is 1.04 bits per heavy atom. The Hall–Kier alpha value is -2.99. The highest BCUT2D eigenvalue weighted by atomic mass is 16.5. The fourth-order valence-corrected chi connectivity index (χ4v) is 3.64. The second-order valence-electron chi connectivity index (χ2n) is 7.12. The van der Waals surface area contributed by atoms with Crippen LogP contribution in [0.4, 0.5) is 5.82 Å². The van der Waals surface area contributed by atoms with E-state index in [0.29, 0.717) is 11.5 Å². The van der Waals surface area contributed by atoms with E-state index in [-0.39, 0.29) is 0 Å². The van der Waals surface area contributed by atoms with Crippen LogP contribution in [0.1, 0.15) is 12.0 Å². The summed E-state index contributed by atoms with van der Waals surface area (Å²) in [5.74, 6) is 1.96. The molecule has 0 amide bonds. The minimum Gasteiger partial charge on any atom is -0.507 e. The molecule has 0 aliphatic carbocycles. The van der Waals surface area contributed by atoms with Crippen molar-refractivity contribution in [3.05, 3.63) is 60.2 Å². The molecule has 6 heteroatoms. The quantitative estimate of drug-likeness (QED) is 0.711. The van der Waals surface area contributed by atoms with E-state index in [9.17, 15) is 5.11 Å². The van der Waals surface area contributed by atoms with Crippen molar-refractivity contribution in [2.24, 2.45) is 0 Å². The molecule has 2 N–H and O–H groups in total. The number of methoxy groups -OCH3 is 1. The number of phenols is 1. The summed E-state index contributed by atoms with van der Waals surface area (Å²) < 4.78 is 5.17. The minimum atomic E-state index is 0.292. The molecule has 0 saturated carbocycles. The van der Waals surface area contributed by atoms with Gasteiger partial charge in [-0.1, -0.05) is 36.4 Å². The van der Waals surface area contributed by atoms with Crippen molar-refractivity contribution >= 4 is 5.82 Å². The van der Waals surface area contributed by atoms with Gasteiger partial charge in [0, 0.05) is 50.4 Å². The number of hydrogen-bond acceptors (Lipinski definition) is 5. The van der Waals surface area contributed by atoms with Gasteiger partial charge in [0.15, 0.2) is 5.82 Å². The number of ether oxygens (including phenoxy) is 1. The smallest absolute Gasteiger partial charge is 0.151 e. The molecular formula is C22H26N4O2. The topological polar surface area (TPSA) is 64.6 Å². The summed E-state index contributed by atoms with van der Waals surface area (Å²) in [4.78, 5) is 4.71. The monoisotopic (exact) mass is 378 g/mol. The average molecular weight is 378 g/mol. The Balaban J connectivity index is 1.40. The third-order valence-electron chi connectivity index (χ3n) is 5.25. The number of aromatic hydroxyl groups is 1. The summed E-state index contributed by atoms with van der Waals surface area (Å²) in [6.45, 7) is 4.55. The number of hydrogen-bond donors (Lipinski definition) is 2. The number of phenolic OH excluding ortho intramolecular Hbond substituents is 1. The van der Waals surface area contributed by atoms with Crippen LogP contribution in [0.15, 0.2) is 54.6 Å². The lowest BCUT2D eigenvalue weighted by molar-refractivity contribution is 0.280. The van der Waals surface area contributed by atoms with Crippen molar-refractivity contribution in [2.45, 2.75) is 13.0 Å². The summed E-state index contributed by atoms with van der Waals surface area (Å²) in [5.41, 5.74) is 3.12. The predicted octanol–water partition coefficient (Wildman–Crippen LogP) is 3.50. The molecule has 0 radical (unpaired) electrons. The Bertz CT molecular complexity index is 910. The van der Waals surface area contributed by atoms with E-state index in [0.717, 1.165) is 61.8 Å². The molecule has 1 aliphatic rings. The van der Waals surface area contributed by atoms with Crippen molar-refractivity contribution in [3.63, 3.8) is 0 Å². The Labute approximate surface area is 165 Å². The first-order valence-corrected chi connectivity index (χ1v) is 9.67. The van der Waals surface area contributed by atoms with Crippen LogP contribution in [0.25, 0.3) is 11.3 Å². The standard InChI is InChI=1S/C22H26N4O2/c1-28-19-9-8-18(21(27)14-19)16-25-10-5-11-26(13-12-25)22-15-20(23-24-22)17-6-3-2-4-7-17/h2-4,6-9,14-15,27H,5,10-13,16H2,1H3,(H,23,24). The largest absolute Gasteiger partial charge is 0.507 e. The molecule has 1 fully saturated rings. The molecule has 2 heterocycles. The third kappa shape index (κ3) is 4.12. The third-order valence-corrected chi connectivity index (χ3v) is 5.25.